The second-order valence-electron chi connectivity index (χ2n) is 5.75. The van der Waals surface area contributed by atoms with Crippen LogP contribution in [-0.2, 0) is 4.79 Å². The number of amides is 1. The van der Waals surface area contributed by atoms with Gasteiger partial charge < -0.3 is 10.6 Å². The zero-order valence-electron chi connectivity index (χ0n) is 13.3. The maximum atomic E-state index is 12.7. The van der Waals surface area contributed by atoms with Crippen LogP contribution in [0.15, 0.2) is 78.9 Å². The predicted octanol–water partition coefficient (Wildman–Crippen LogP) is 5.27. The monoisotopic (exact) mass is 346 g/mol. The zero-order valence-corrected chi connectivity index (χ0v) is 14.0. The number of hydrogen-bond acceptors (Lipinski definition) is 2. The Morgan fingerprint density at radius 3 is 2.28 bits per heavy atom. The number of rotatable bonds is 3. The molecule has 0 bridgehead atoms. The van der Waals surface area contributed by atoms with E-state index < -0.39 is 0 Å². The molecule has 0 saturated carbocycles. The second kappa shape index (κ2) is 6.46. The van der Waals surface area contributed by atoms with Crippen molar-refractivity contribution in [3.63, 3.8) is 0 Å². The van der Waals surface area contributed by atoms with Crippen LogP contribution in [-0.4, -0.2) is 5.91 Å². The topological polar surface area (TPSA) is 41.1 Å². The first kappa shape index (κ1) is 15.5. The van der Waals surface area contributed by atoms with Crippen molar-refractivity contribution in [2.45, 2.75) is 0 Å². The van der Waals surface area contributed by atoms with Gasteiger partial charge in [0.05, 0.1) is 17.0 Å². The molecule has 2 N–H and O–H groups in total. The number of para-hydroxylation sites is 1. The molecule has 3 nitrogen and oxygen atoms in total. The standard InChI is InChI=1S/C21H15ClN2O/c22-15-11-12-17-18(13-15)24-21(25)19(17)20(14-7-3-1-4-8-14)23-16-9-5-2-6-10-16/h1-13,23H,(H,24,25)/b20-19-. The average molecular weight is 347 g/mol. The predicted molar refractivity (Wildman–Crippen MR) is 103 cm³/mol. The van der Waals surface area contributed by atoms with Crippen LogP contribution in [0.1, 0.15) is 11.1 Å². The van der Waals surface area contributed by atoms with Gasteiger partial charge in [0.25, 0.3) is 5.91 Å². The smallest absolute Gasteiger partial charge is 0.258 e. The minimum absolute atomic E-state index is 0.139. The summed E-state index contributed by atoms with van der Waals surface area (Å²) in [6.07, 6.45) is 0. The molecular formula is C21H15ClN2O. The highest BCUT2D eigenvalue weighted by molar-refractivity contribution is 6.38. The minimum atomic E-state index is -0.139. The van der Waals surface area contributed by atoms with Gasteiger partial charge in [-0.05, 0) is 29.8 Å². The largest absolute Gasteiger partial charge is 0.354 e. The van der Waals surface area contributed by atoms with Crippen LogP contribution in [0, 0.1) is 0 Å². The first-order valence-corrected chi connectivity index (χ1v) is 8.33. The number of nitrogens with one attached hydrogen (secondary N) is 2. The minimum Gasteiger partial charge on any atom is -0.354 e. The third-order valence-corrected chi connectivity index (χ3v) is 4.32. The van der Waals surface area contributed by atoms with E-state index in [4.69, 9.17) is 11.6 Å². The Hall–Kier alpha value is -3.04. The van der Waals surface area contributed by atoms with Gasteiger partial charge in [-0.15, -0.1) is 0 Å². The first-order valence-electron chi connectivity index (χ1n) is 7.95. The van der Waals surface area contributed by atoms with E-state index >= 15 is 0 Å². The lowest BCUT2D eigenvalue weighted by atomic mass is 10.00. The van der Waals surface area contributed by atoms with Gasteiger partial charge in [0.2, 0.25) is 0 Å². The normalized spacial score (nSPS) is 14.7. The van der Waals surface area contributed by atoms with Crippen molar-refractivity contribution in [3.05, 3.63) is 95.0 Å². The lowest BCUT2D eigenvalue weighted by Gasteiger charge is -2.14. The summed E-state index contributed by atoms with van der Waals surface area (Å²) in [5.41, 5.74) is 4.82. The third kappa shape index (κ3) is 3.02. The highest BCUT2D eigenvalue weighted by Crippen LogP contribution is 2.38. The highest BCUT2D eigenvalue weighted by atomic mass is 35.5. The Balaban J connectivity index is 1.91. The summed E-state index contributed by atoms with van der Waals surface area (Å²) in [5.74, 6) is -0.139. The highest BCUT2D eigenvalue weighted by Gasteiger charge is 2.28. The molecule has 0 aromatic heterocycles. The molecule has 0 aliphatic carbocycles. The molecule has 3 aromatic carbocycles. The summed E-state index contributed by atoms with van der Waals surface area (Å²) in [6.45, 7) is 0. The van der Waals surface area contributed by atoms with Crippen LogP contribution in [0.25, 0.3) is 11.3 Å². The van der Waals surface area contributed by atoms with Crippen LogP contribution in [0.4, 0.5) is 11.4 Å². The van der Waals surface area contributed by atoms with E-state index in [0.717, 1.165) is 28.2 Å². The number of carbonyl (C=O) groups is 1. The van der Waals surface area contributed by atoms with Crippen LogP contribution >= 0.6 is 11.6 Å². The Morgan fingerprint density at radius 1 is 0.880 bits per heavy atom. The lowest BCUT2D eigenvalue weighted by molar-refractivity contribution is -0.110. The molecule has 0 radical (unpaired) electrons. The molecule has 3 aromatic rings. The lowest BCUT2D eigenvalue weighted by Crippen LogP contribution is -2.10. The summed E-state index contributed by atoms with van der Waals surface area (Å²) >= 11 is 6.06. The maximum Gasteiger partial charge on any atom is 0.258 e. The molecule has 0 atom stereocenters. The average Bonchev–Trinajstić information content (AvgIpc) is 2.96. The summed E-state index contributed by atoms with van der Waals surface area (Å²) in [7, 11) is 0. The van der Waals surface area contributed by atoms with Gasteiger partial charge in [-0.3, -0.25) is 4.79 Å². The van der Waals surface area contributed by atoms with Crippen LogP contribution in [0.2, 0.25) is 5.02 Å². The molecule has 1 aliphatic rings. The van der Waals surface area contributed by atoms with Gasteiger partial charge in [0.15, 0.2) is 0 Å². The second-order valence-corrected chi connectivity index (χ2v) is 6.19. The Labute approximate surface area is 151 Å². The molecule has 122 valence electrons. The van der Waals surface area contributed by atoms with Crippen LogP contribution in [0.5, 0.6) is 0 Å². The summed E-state index contributed by atoms with van der Waals surface area (Å²) in [4.78, 5) is 12.7. The van der Waals surface area contributed by atoms with E-state index in [9.17, 15) is 4.79 Å². The van der Waals surface area contributed by atoms with Crippen LogP contribution in [0.3, 0.4) is 0 Å². The summed E-state index contributed by atoms with van der Waals surface area (Å²) < 4.78 is 0. The number of fused-ring (bicyclic) bond motifs is 1. The SMILES string of the molecule is O=C1Nc2cc(Cl)ccc2/C1=C(/Nc1ccccc1)c1ccccc1. The number of benzene rings is 3. The summed E-state index contributed by atoms with van der Waals surface area (Å²) in [6, 6.07) is 25.1. The van der Waals surface area contributed by atoms with Crippen molar-refractivity contribution in [1.29, 1.82) is 0 Å². The fourth-order valence-electron chi connectivity index (χ4n) is 2.94. The van der Waals surface area contributed by atoms with Gasteiger partial charge in [-0.25, -0.2) is 0 Å². The molecule has 4 heteroatoms. The van der Waals surface area contributed by atoms with E-state index in [-0.39, 0.29) is 5.91 Å². The Morgan fingerprint density at radius 2 is 1.56 bits per heavy atom. The van der Waals surface area contributed by atoms with E-state index in [2.05, 4.69) is 10.6 Å². The van der Waals surface area contributed by atoms with E-state index in [1.807, 2.05) is 66.7 Å². The molecule has 0 spiro atoms. The molecule has 0 unspecified atom stereocenters. The molecule has 1 heterocycles. The van der Waals surface area contributed by atoms with Crippen molar-refractivity contribution in [2.75, 3.05) is 10.6 Å². The van der Waals surface area contributed by atoms with Gasteiger partial charge >= 0.3 is 0 Å². The quantitative estimate of drug-likeness (QED) is 0.634. The van der Waals surface area contributed by atoms with E-state index in [1.54, 1.807) is 12.1 Å². The Bertz CT molecular complexity index is 966. The van der Waals surface area contributed by atoms with Gasteiger partial charge in [0.1, 0.15) is 0 Å². The molecule has 4 rings (SSSR count). The third-order valence-electron chi connectivity index (χ3n) is 4.08. The van der Waals surface area contributed by atoms with Crippen LogP contribution < -0.4 is 10.6 Å². The van der Waals surface area contributed by atoms with Crippen molar-refractivity contribution in [3.8, 4) is 0 Å². The fraction of sp³-hybridized carbons (Fsp3) is 0. The van der Waals surface area contributed by atoms with Crippen molar-refractivity contribution in [2.24, 2.45) is 0 Å². The van der Waals surface area contributed by atoms with Gasteiger partial charge in [-0.2, -0.15) is 0 Å². The van der Waals surface area contributed by atoms with Crippen molar-refractivity contribution >= 4 is 40.2 Å². The number of carbonyl (C=O) groups excluding carboxylic acids is 1. The van der Waals surface area contributed by atoms with Crippen molar-refractivity contribution < 1.29 is 4.79 Å². The van der Waals surface area contributed by atoms with E-state index in [0.29, 0.717) is 10.6 Å². The molecule has 0 fully saturated rings. The fourth-order valence-corrected chi connectivity index (χ4v) is 3.11. The number of anilines is 2. The van der Waals surface area contributed by atoms with E-state index in [1.165, 1.54) is 0 Å². The maximum absolute atomic E-state index is 12.7. The summed E-state index contributed by atoms with van der Waals surface area (Å²) in [5, 5.41) is 6.91. The van der Waals surface area contributed by atoms with Crippen molar-refractivity contribution in [1.82, 2.24) is 0 Å². The molecule has 1 aliphatic heterocycles. The molecule has 0 saturated heterocycles. The van der Waals surface area contributed by atoms with Gasteiger partial charge in [0, 0.05) is 16.3 Å². The first-order chi connectivity index (χ1) is 12.2. The number of halogens is 1. The molecule has 25 heavy (non-hydrogen) atoms. The molecular weight excluding hydrogens is 332 g/mol. The zero-order chi connectivity index (χ0) is 17.2. The number of hydrogen-bond donors (Lipinski definition) is 2. The Kier molecular flexibility index (Phi) is 4.00. The molecule has 1 amide bonds. The van der Waals surface area contributed by atoms with Gasteiger partial charge in [-0.1, -0.05) is 66.2 Å².